The van der Waals surface area contributed by atoms with Crippen molar-refractivity contribution in [2.75, 3.05) is 0 Å². The first-order valence-corrected chi connectivity index (χ1v) is 4.58. The summed E-state index contributed by atoms with van der Waals surface area (Å²) >= 11 is 0. The van der Waals surface area contributed by atoms with E-state index in [0.717, 1.165) is 13.8 Å². The molecule has 1 aliphatic carbocycles. The Bertz CT molecular complexity index is 474. The van der Waals surface area contributed by atoms with Crippen LogP contribution < -0.4 is 0 Å². The molecule has 0 amide bonds. The number of rotatable bonds is 2. The second kappa shape index (κ2) is 4.70. The molecule has 0 spiro atoms. The summed E-state index contributed by atoms with van der Waals surface area (Å²) in [6.07, 6.45) is 0. The molecule has 0 heterocycles. The van der Waals surface area contributed by atoms with E-state index in [9.17, 15) is 29.4 Å². The van der Waals surface area contributed by atoms with Gasteiger partial charge in [0, 0.05) is 13.8 Å². The molecule has 96 valence electrons. The maximum absolute atomic E-state index is 11.5. The van der Waals surface area contributed by atoms with Gasteiger partial charge in [0.05, 0.1) is 0 Å². The van der Waals surface area contributed by atoms with Crippen molar-refractivity contribution < 1.29 is 38.9 Å². The van der Waals surface area contributed by atoms with Crippen molar-refractivity contribution in [2.45, 2.75) is 13.8 Å². The summed E-state index contributed by atoms with van der Waals surface area (Å²) in [6.45, 7) is 1.86. The van der Waals surface area contributed by atoms with Crippen LogP contribution in [0.1, 0.15) is 13.8 Å². The molecule has 0 bridgehead atoms. The Hall–Kier alpha value is -2.64. The molecule has 1 aliphatic rings. The molecule has 0 atom stereocenters. The van der Waals surface area contributed by atoms with Crippen LogP contribution in [0, 0.1) is 0 Å². The summed E-state index contributed by atoms with van der Waals surface area (Å²) < 4.78 is 8.59. The molecule has 0 aromatic rings. The van der Waals surface area contributed by atoms with Gasteiger partial charge in [-0.15, -0.1) is 0 Å². The summed E-state index contributed by atoms with van der Waals surface area (Å²) in [7, 11) is 0. The second-order valence-electron chi connectivity index (χ2n) is 3.20. The van der Waals surface area contributed by atoms with E-state index in [1.165, 1.54) is 0 Å². The van der Waals surface area contributed by atoms with Crippen molar-refractivity contribution in [3.05, 3.63) is 23.0 Å². The molecule has 8 heteroatoms. The monoisotopic (exact) mass is 256 g/mol. The minimum atomic E-state index is -1.33. The Balaban J connectivity index is 3.22. The summed E-state index contributed by atoms with van der Waals surface area (Å²) in [4.78, 5) is 44.2. The minimum absolute atomic E-state index is 0.931. The van der Waals surface area contributed by atoms with E-state index in [1.807, 2.05) is 0 Å². The Morgan fingerprint density at radius 2 is 1.11 bits per heavy atom. The van der Waals surface area contributed by atoms with Gasteiger partial charge in [-0.3, -0.25) is 19.2 Å². The first-order valence-electron chi connectivity index (χ1n) is 4.58. The largest absolute Gasteiger partial charge is 0.501 e. The molecule has 2 N–H and O–H groups in total. The SMILES string of the molecule is CC(=O)OC1=C(O)C(=O)C(OC(C)=O)=C(O)C1=O. The van der Waals surface area contributed by atoms with Crippen molar-refractivity contribution >= 4 is 23.5 Å². The molecule has 1 rings (SSSR count). The third kappa shape index (κ3) is 2.37. The molecule has 0 fully saturated rings. The number of ether oxygens (including phenoxy) is 2. The molecule has 0 aromatic heterocycles. The molecule has 0 saturated heterocycles. The van der Waals surface area contributed by atoms with E-state index < -0.39 is 46.5 Å². The van der Waals surface area contributed by atoms with Crippen LogP contribution in [0.2, 0.25) is 0 Å². The zero-order valence-corrected chi connectivity index (χ0v) is 9.34. The van der Waals surface area contributed by atoms with Crippen LogP contribution in [0.5, 0.6) is 0 Å². The fourth-order valence-corrected chi connectivity index (χ4v) is 1.11. The fraction of sp³-hybridized carbons (Fsp3) is 0.200. The summed E-state index contributed by atoms with van der Waals surface area (Å²) in [6, 6.07) is 0. The molecule has 0 radical (unpaired) electrons. The van der Waals surface area contributed by atoms with E-state index in [1.54, 1.807) is 0 Å². The average molecular weight is 256 g/mol. The number of esters is 2. The quantitative estimate of drug-likeness (QED) is 0.513. The van der Waals surface area contributed by atoms with E-state index in [0.29, 0.717) is 0 Å². The van der Waals surface area contributed by atoms with Gasteiger partial charge in [0.2, 0.25) is 23.0 Å². The molecule has 18 heavy (non-hydrogen) atoms. The van der Waals surface area contributed by atoms with E-state index >= 15 is 0 Å². The number of hydrogen-bond donors (Lipinski definition) is 2. The Morgan fingerprint density at radius 3 is 1.33 bits per heavy atom. The first kappa shape index (κ1) is 13.4. The normalized spacial score (nSPS) is 15.9. The molecule has 0 saturated carbocycles. The van der Waals surface area contributed by atoms with Gasteiger partial charge in [-0.25, -0.2) is 0 Å². The molecule has 0 unspecified atom stereocenters. The summed E-state index contributed by atoms with van der Waals surface area (Å²) in [5.41, 5.74) is 0. The number of carbonyl (C=O) groups excluding carboxylic acids is 4. The average Bonchev–Trinajstić information content (AvgIpc) is 2.27. The maximum atomic E-state index is 11.5. The van der Waals surface area contributed by atoms with Gasteiger partial charge < -0.3 is 19.7 Å². The van der Waals surface area contributed by atoms with Crippen molar-refractivity contribution in [1.29, 1.82) is 0 Å². The third-order valence-corrected chi connectivity index (χ3v) is 1.76. The van der Waals surface area contributed by atoms with Gasteiger partial charge in [-0.05, 0) is 0 Å². The van der Waals surface area contributed by atoms with E-state index in [2.05, 4.69) is 9.47 Å². The van der Waals surface area contributed by atoms with Gasteiger partial charge in [0.15, 0.2) is 0 Å². The number of hydrogen-bond acceptors (Lipinski definition) is 8. The van der Waals surface area contributed by atoms with Crippen molar-refractivity contribution in [2.24, 2.45) is 0 Å². The lowest BCUT2D eigenvalue weighted by Gasteiger charge is -2.15. The molecule has 0 aromatic carbocycles. The van der Waals surface area contributed by atoms with Crippen LogP contribution in [0.4, 0.5) is 0 Å². The van der Waals surface area contributed by atoms with Crippen LogP contribution >= 0.6 is 0 Å². The van der Waals surface area contributed by atoms with E-state index in [4.69, 9.17) is 0 Å². The van der Waals surface area contributed by atoms with Crippen LogP contribution in [-0.2, 0) is 28.7 Å². The van der Waals surface area contributed by atoms with Crippen molar-refractivity contribution in [3.63, 3.8) is 0 Å². The number of Topliss-reactive ketones (excluding diaryl/α,β-unsaturated/α-hetero) is 2. The zero-order chi connectivity index (χ0) is 14.0. The van der Waals surface area contributed by atoms with Gasteiger partial charge in [-0.2, -0.15) is 0 Å². The Morgan fingerprint density at radius 1 is 0.833 bits per heavy atom. The fourth-order valence-electron chi connectivity index (χ4n) is 1.11. The van der Waals surface area contributed by atoms with E-state index in [-0.39, 0.29) is 0 Å². The second-order valence-corrected chi connectivity index (χ2v) is 3.20. The lowest BCUT2D eigenvalue weighted by atomic mass is 10.1. The summed E-state index contributed by atoms with van der Waals surface area (Å²) in [5.74, 6) is -9.07. The highest BCUT2D eigenvalue weighted by molar-refractivity contribution is 6.22. The van der Waals surface area contributed by atoms with Gasteiger partial charge in [0.25, 0.3) is 11.6 Å². The highest BCUT2D eigenvalue weighted by atomic mass is 16.6. The van der Waals surface area contributed by atoms with Crippen LogP contribution in [-0.4, -0.2) is 33.7 Å². The lowest BCUT2D eigenvalue weighted by Crippen LogP contribution is -2.28. The standard InChI is InChI=1S/C10H8O8/c1-3(11)17-9-5(13)7(15)10(18-4(2)12)8(16)6(9)14/h13,16H,1-2H3. The molecular formula is C10H8O8. The smallest absolute Gasteiger partial charge is 0.308 e. The van der Waals surface area contributed by atoms with Gasteiger partial charge in [-0.1, -0.05) is 0 Å². The predicted molar refractivity (Wildman–Crippen MR) is 52.9 cm³/mol. The first-order chi connectivity index (χ1) is 8.25. The van der Waals surface area contributed by atoms with Crippen molar-refractivity contribution in [1.82, 2.24) is 0 Å². The Kier molecular flexibility index (Phi) is 3.50. The molecular weight excluding hydrogens is 248 g/mol. The number of aliphatic hydroxyl groups excluding tert-OH is 2. The molecule has 0 aliphatic heterocycles. The number of ketones is 2. The van der Waals surface area contributed by atoms with Crippen LogP contribution in [0.25, 0.3) is 0 Å². The van der Waals surface area contributed by atoms with Crippen LogP contribution in [0.15, 0.2) is 23.0 Å². The highest BCUT2D eigenvalue weighted by Gasteiger charge is 2.39. The highest BCUT2D eigenvalue weighted by Crippen LogP contribution is 2.23. The topological polar surface area (TPSA) is 127 Å². The predicted octanol–water partition coefficient (Wildman–Crippen LogP) is -0.196. The number of aliphatic hydroxyl groups is 2. The minimum Gasteiger partial charge on any atom is -0.501 e. The van der Waals surface area contributed by atoms with Crippen LogP contribution in [0.3, 0.4) is 0 Å². The van der Waals surface area contributed by atoms with Gasteiger partial charge >= 0.3 is 11.9 Å². The molecule has 8 nitrogen and oxygen atoms in total. The Labute approximate surface area is 100 Å². The summed E-state index contributed by atoms with van der Waals surface area (Å²) in [5, 5.41) is 18.7. The van der Waals surface area contributed by atoms with Gasteiger partial charge in [0.1, 0.15) is 0 Å². The third-order valence-electron chi connectivity index (χ3n) is 1.76. The maximum Gasteiger partial charge on any atom is 0.308 e. The zero-order valence-electron chi connectivity index (χ0n) is 9.34. The lowest BCUT2D eigenvalue weighted by molar-refractivity contribution is -0.144. The van der Waals surface area contributed by atoms with Crippen molar-refractivity contribution in [3.8, 4) is 0 Å². The number of carbonyl (C=O) groups is 4.